The smallest absolute Gasteiger partial charge is 0.258 e. The third kappa shape index (κ3) is 3.87. The van der Waals surface area contributed by atoms with Gasteiger partial charge in [-0.15, -0.1) is 0 Å². The molecule has 2 N–H and O–H groups in total. The molecule has 4 aromatic rings. The van der Waals surface area contributed by atoms with Crippen LogP contribution in [0.1, 0.15) is 15.9 Å². The first kappa shape index (κ1) is 16.6. The first-order valence-electron chi connectivity index (χ1n) is 8.39. The zero-order chi connectivity index (χ0) is 18.5. The van der Waals surface area contributed by atoms with E-state index in [1.807, 2.05) is 42.5 Å². The number of amides is 1. The van der Waals surface area contributed by atoms with Crippen LogP contribution in [0.5, 0.6) is 0 Å². The van der Waals surface area contributed by atoms with Gasteiger partial charge in [-0.05, 0) is 29.8 Å². The van der Waals surface area contributed by atoms with Gasteiger partial charge in [-0.3, -0.25) is 14.8 Å². The quantitative estimate of drug-likeness (QED) is 0.570. The molecule has 1 aromatic carbocycles. The lowest BCUT2D eigenvalue weighted by molar-refractivity contribution is 0.102. The Labute approximate surface area is 155 Å². The predicted molar refractivity (Wildman–Crippen MR) is 103 cm³/mol. The molecule has 3 heterocycles. The number of nitrogens with one attached hydrogen (secondary N) is 2. The standard InChI is InChI=1S/C20H16N6O/c27-19(26-17-5-1-3-15-4-2-8-22-18(15)17)16-12-24-20(25-13-16)23-11-14-6-9-21-10-7-14/h1-10,12-13H,11H2,(H,26,27)(H,23,24,25). The van der Waals surface area contributed by atoms with Gasteiger partial charge in [0.15, 0.2) is 0 Å². The van der Waals surface area contributed by atoms with Crippen LogP contribution >= 0.6 is 0 Å². The second kappa shape index (κ2) is 7.57. The first-order valence-corrected chi connectivity index (χ1v) is 8.39. The Hall–Kier alpha value is -3.87. The van der Waals surface area contributed by atoms with Crippen molar-refractivity contribution in [2.75, 3.05) is 10.6 Å². The van der Waals surface area contributed by atoms with Crippen LogP contribution in [0.3, 0.4) is 0 Å². The summed E-state index contributed by atoms with van der Waals surface area (Å²) in [5.41, 5.74) is 2.83. The molecule has 27 heavy (non-hydrogen) atoms. The fourth-order valence-corrected chi connectivity index (χ4v) is 2.62. The van der Waals surface area contributed by atoms with Crippen molar-refractivity contribution in [1.82, 2.24) is 19.9 Å². The molecule has 0 saturated heterocycles. The van der Waals surface area contributed by atoms with E-state index in [1.165, 1.54) is 12.4 Å². The number of anilines is 2. The van der Waals surface area contributed by atoms with Crippen molar-refractivity contribution < 1.29 is 4.79 Å². The summed E-state index contributed by atoms with van der Waals surface area (Å²) in [6.45, 7) is 0.579. The van der Waals surface area contributed by atoms with Crippen molar-refractivity contribution in [2.24, 2.45) is 0 Å². The van der Waals surface area contributed by atoms with Crippen LogP contribution in [0.2, 0.25) is 0 Å². The predicted octanol–water partition coefficient (Wildman–Crippen LogP) is 3.28. The number of carbonyl (C=O) groups excluding carboxylic acids is 1. The summed E-state index contributed by atoms with van der Waals surface area (Å²) in [5, 5.41) is 6.94. The summed E-state index contributed by atoms with van der Waals surface area (Å²) in [4.78, 5) is 29.2. The molecule has 7 nitrogen and oxygen atoms in total. The number of carbonyl (C=O) groups is 1. The van der Waals surface area contributed by atoms with Gasteiger partial charge in [0.2, 0.25) is 5.95 Å². The van der Waals surface area contributed by atoms with E-state index in [9.17, 15) is 4.79 Å². The van der Waals surface area contributed by atoms with E-state index >= 15 is 0 Å². The maximum atomic E-state index is 12.5. The van der Waals surface area contributed by atoms with Gasteiger partial charge in [0, 0.05) is 42.9 Å². The average Bonchev–Trinajstić information content (AvgIpc) is 2.74. The van der Waals surface area contributed by atoms with Crippen LogP contribution < -0.4 is 10.6 Å². The minimum atomic E-state index is -0.283. The van der Waals surface area contributed by atoms with Gasteiger partial charge in [0.25, 0.3) is 5.91 Å². The molecule has 4 rings (SSSR count). The maximum absolute atomic E-state index is 12.5. The fourth-order valence-electron chi connectivity index (χ4n) is 2.62. The lowest BCUT2D eigenvalue weighted by Crippen LogP contribution is -2.14. The number of nitrogens with zero attached hydrogens (tertiary/aromatic N) is 4. The summed E-state index contributed by atoms with van der Waals surface area (Å²) >= 11 is 0. The van der Waals surface area contributed by atoms with E-state index in [-0.39, 0.29) is 5.91 Å². The molecular formula is C20H16N6O. The Morgan fingerprint density at radius 2 is 1.67 bits per heavy atom. The number of hydrogen-bond donors (Lipinski definition) is 2. The molecule has 0 aliphatic rings. The maximum Gasteiger partial charge on any atom is 0.258 e. The lowest BCUT2D eigenvalue weighted by atomic mass is 10.2. The minimum absolute atomic E-state index is 0.283. The molecule has 0 unspecified atom stereocenters. The largest absolute Gasteiger partial charge is 0.350 e. The normalized spacial score (nSPS) is 10.5. The number of pyridine rings is 2. The minimum Gasteiger partial charge on any atom is -0.350 e. The molecule has 0 atom stereocenters. The summed E-state index contributed by atoms with van der Waals surface area (Å²) in [6.07, 6.45) is 8.15. The Bertz CT molecular complexity index is 1060. The number of rotatable bonds is 5. The van der Waals surface area contributed by atoms with Crippen molar-refractivity contribution in [3.63, 3.8) is 0 Å². The van der Waals surface area contributed by atoms with Crippen LogP contribution in [0.25, 0.3) is 10.9 Å². The van der Waals surface area contributed by atoms with Crippen LogP contribution in [-0.4, -0.2) is 25.8 Å². The summed E-state index contributed by atoms with van der Waals surface area (Å²) in [6, 6.07) is 13.3. The molecule has 3 aromatic heterocycles. The van der Waals surface area contributed by atoms with E-state index in [1.54, 1.807) is 18.6 Å². The molecule has 132 valence electrons. The molecule has 0 aliphatic heterocycles. The van der Waals surface area contributed by atoms with Gasteiger partial charge >= 0.3 is 0 Å². The second-order valence-electron chi connectivity index (χ2n) is 5.84. The van der Waals surface area contributed by atoms with E-state index in [0.29, 0.717) is 23.7 Å². The van der Waals surface area contributed by atoms with Crippen molar-refractivity contribution >= 4 is 28.4 Å². The van der Waals surface area contributed by atoms with Gasteiger partial charge in [-0.25, -0.2) is 9.97 Å². The van der Waals surface area contributed by atoms with Gasteiger partial charge in [0.05, 0.1) is 16.8 Å². The number of benzene rings is 1. The third-order valence-corrected chi connectivity index (χ3v) is 3.99. The van der Waals surface area contributed by atoms with Crippen LogP contribution in [-0.2, 0) is 6.54 Å². The van der Waals surface area contributed by atoms with E-state index in [0.717, 1.165) is 16.5 Å². The topological polar surface area (TPSA) is 92.7 Å². The monoisotopic (exact) mass is 356 g/mol. The lowest BCUT2D eigenvalue weighted by Gasteiger charge is -2.08. The molecule has 0 spiro atoms. The highest BCUT2D eigenvalue weighted by atomic mass is 16.1. The fraction of sp³-hybridized carbons (Fsp3) is 0.0500. The van der Waals surface area contributed by atoms with Gasteiger partial charge < -0.3 is 10.6 Å². The SMILES string of the molecule is O=C(Nc1cccc2cccnc12)c1cnc(NCc2ccncc2)nc1. The highest BCUT2D eigenvalue weighted by molar-refractivity contribution is 6.08. The number of aromatic nitrogens is 4. The number of hydrogen-bond acceptors (Lipinski definition) is 6. The summed E-state index contributed by atoms with van der Waals surface area (Å²) in [7, 11) is 0. The van der Waals surface area contributed by atoms with Crippen LogP contribution in [0, 0.1) is 0 Å². The van der Waals surface area contributed by atoms with E-state index < -0.39 is 0 Å². The van der Waals surface area contributed by atoms with Crippen molar-refractivity contribution in [3.05, 3.63) is 84.6 Å². The van der Waals surface area contributed by atoms with Crippen molar-refractivity contribution in [3.8, 4) is 0 Å². The Kier molecular flexibility index (Phi) is 4.65. The molecule has 7 heteroatoms. The summed E-state index contributed by atoms with van der Waals surface area (Å²) in [5.74, 6) is 0.170. The number of fused-ring (bicyclic) bond motifs is 1. The molecule has 1 amide bonds. The molecule has 0 radical (unpaired) electrons. The van der Waals surface area contributed by atoms with Gasteiger partial charge in [-0.1, -0.05) is 18.2 Å². The van der Waals surface area contributed by atoms with Crippen LogP contribution in [0.15, 0.2) is 73.4 Å². The van der Waals surface area contributed by atoms with Crippen molar-refractivity contribution in [1.29, 1.82) is 0 Å². The average molecular weight is 356 g/mol. The van der Waals surface area contributed by atoms with E-state index in [2.05, 4.69) is 30.6 Å². The Morgan fingerprint density at radius 1 is 0.889 bits per heavy atom. The highest BCUT2D eigenvalue weighted by Crippen LogP contribution is 2.21. The van der Waals surface area contributed by atoms with E-state index in [4.69, 9.17) is 0 Å². The molecule has 0 fully saturated rings. The molecular weight excluding hydrogens is 340 g/mol. The van der Waals surface area contributed by atoms with Gasteiger partial charge in [-0.2, -0.15) is 0 Å². The first-order chi connectivity index (χ1) is 13.3. The summed E-state index contributed by atoms with van der Waals surface area (Å²) < 4.78 is 0. The highest BCUT2D eigenvalue weighted by Gasteiger charge is 2.10. The van der Waals surface area contributed by atoms with Crippen LogP contribution in [0.4, 0.5) is 11.6 Å². The zero-order valence-electron chi connectivity index (χ0n) is 14.3. The van der Waals surface area contributed by atoms with Gasteiger partial charge in [0.1, 0.15) is 0 Å². The Balaban J connectivity index is 1.44. The molecule has 0 saturated carbocycles. The third-order valence-electron chi connectivity index (χ3n) is 3.99. The second-order valence-corrected chi connectivity index (χ2v) is 5.84. The number of para-hydroxylation sites is 1. The molecule has 0 bridgehead atoms. The molecule has 0 aliphatic carbocycles. The van der Waals surface area contributed by atoms with Crippen molar-refractivity contribution in [2.45, 2.75) is 6.54 Å². The Morgan fingerprint density at radius 3 is 2.48 bits per heavy atom. The zero-order valence-corrected chi connectivity index (χ0v) is 14.3.